The first-order chi connectivity index (χ1) is 12.3. The van der Waals surface area contributed by atoms with Gasteiger partial charge in [0.1, 0.15) is 5.75 Å². The molecular formula is C19H18N4OS. The summed E-state index contributed by atoms with van der Waals surface area (Å²) in [7, 11) is 1.65. The van der Waals surface area contributed by atoms with Gasteiger partial charge in [-0.2, -0.15) is 5.10 Å². The number of ether oxygens (including phenoxy) is 1. The molecule has 0 unspecified atom stereocenters. The summed E-state index contributed by atoms with van der Waals surface area (Å²) in [6.07, 6.45) is 3.70. The first-order valence-corrected chi connectivity index (χ1v) is 8.14. The van der Waals surface area contributed by atoms with Crippen molar-refractivity contribution in [2.75, 3.05) is 12.4 Å². The average molecular weight is 350 g/mol. The van der Waals surface area contributed by atoms with Gasteiger partial charge in [0.05, 0.1) is 19.0 Å². The molecule has 0 aliphatic rings. The number of methoxy groups -OCH3 is 1. The van der Waals surface area contributed by atoms with Crippen LogP contribution in [0.15, 0.2) is 78.0 Å². The molecule has 2 N–H and O–H groups in total. The fraction of sp³-hybridized carbons (Fsp3) is 0.0526. The van der Waals surface area contributed by atoms with Crippen molar-refractivity contribution < 1.29 is 4.74 Å². The Kier molecular flexibility index (Phi) is 5.43. The van der Waals surface area contributed by atoms with E-state index < -0.39 is 0 Å². The van der Waals surface area contributed by atoms with Crippen molar-refractivity contribution in [3.05, 3.63) is 78.6 Å². The van der Waals surface area contributed by atoms with Crippen LogP contribution in [-0.2, 0) is 0 Å². The quantitative estimate of drug-likeness (QED) is 0.417. The normalized spacial score (nSPS) is 10.6. The monoisotopic (exact) mass is 350 g/mol. The van der Waals surface area contributed by atoms with Gasteiger partial charge in [0, 0.05) is 17.6 Å². The molecule has 5 nitrogen and oxygen atoms in total. The minimum absolute atomic E-state index is 0.435. The lowest BCUT2D eigenvalue weighted by Crippen LogP contribution is -2.23. The van der Waals surface area contributed by atoms with E-state index in [2.05, 4.69) is 15.8 Å². The first kappa shape index (κ1) is 16.7. The Morgan fingerprint density at radius 3 is 2.52 bits per heavy atom. The third-order valence-electron chi connectivity index (χ3n) is 3.53. The van der Waals surface area contributed by atoms with Gasteiger partial charge in [0.25, 0.3) is 0 Å². The lowest BCUT2D eigenvalue weighted by molar-refractivity contribution is 0.415. The number of nitrogens with one attached hydrogen (secondary N) is 2. The van der Waals surface area contributed by atoms with Crippen LogP contribution in [0.2, 0.25) is 0 Å². The second-order valence-electron chi connectivity index (χ2n) is 5.19. The third kappa shape index (κ3) is 4.45. The molecule has 0 aliphatic heterocycles. The zero-order valence-electron chi connectivity index (χ0n) is 13.7. The van der Waals surface area contributed by atoms with E-state index in [0.717, 1.165) is 22.8 Å². The van der Waals surface area contributed by atoms with Crippen molar-refractivity contribution in [1.82, 2.24) is 9.99 Å². The highest BCUT2D eigenvalue weighted by Gasteiger charge is 2.02. The average Bonchev–Trinajstić information content (AvgIpc) is 3.11. The summed E-state index contributed by atoms with van der Waals surface area (Å²) in [5, 5.41) is 7.71. The van der Waals surface area contributed by atoms with Crippen molar-refractivity contribution in [1.29, 1.82) is 0 Å². The molecule has 1 aromatic heterocycles. The molecule has 0 aliphatic carbocycles. The molecule has 0 fully saturated rings. The van der Waals surface area contributed by atoms with Crippen LogP contribution in [0.25, 0.3) is 5.69 Å². The van der Waals surface area contributed by atoms with Gasteiger partial charge in [-0.1, -0.05) is 18.2 Å². The molecule has 0 atom stereocenters. The maximum atomic E-state index is 5.23. The van der Waals surface area contributed by atoms with Crippen LogP contribution in [-0.4, -0.2) is 23.0 Å². The summed E-state index contributed by atoms with van der Waals surface area (Å²) in [5.74, 6) is 0.824. The maximum absolute atomic E-state index is 5.23. The molecule has 126 valence electrons. The number of thiocarbonyl (C=S) groups is 1. The summed E-state index contributed by atoms with van der Waals surface area (Å²) >= 11 is 5.23. The van der Waals surface area contributed by atoms with Gasteiger partial charge in [-0.25, -0.2) is 0 Å². The molecule has 3 aromatic rings. The maximum Gasteiger partial charge on any atom is 0.191 e. The van der Waals surface area contributed by atoms with Crippen LogP contribution in [0.1, 0.15) is 5.69 Å². The van der Waals surface area contributed by atoms with Crippen LogP contribution in [0.5, 0.6) is 5.75 Å². The van der Waals surface area contributed by atoms with Crippen molar-refractivity contribution >= 4 is 29.2 Å². The summed E-state index contributed by atoms with van der Waals surface area (Å²) in [6.45, 7) is 0. The van der Waals surface area contributed by atoms with Gasteiger partial charge >= 0.3 is 0 Å². The topological polar surface area (TPSA) is 50.6 Å². The fourth-order valence-corrected chi connectivity index (χ4v) is 2.49. The second-order valence-corrected chi connectivity index (χ2v) is 5.60. The van der Waals surface area contributed by atoms with Crippen molar-refractivity contribution in [2.45, 2.75) is 0 Å². The highest BCUT2D eigenvalue weighted by Crippen LogP contribution is 2.16. The van der Waals surface area contributed by atoms with Crippen molar-refractivity contribution in [2.24, 2.45) is 5.10 Å². The first-order valence-electron chi connectivity index (χ1n) is 7.73. The van der Waals surface area contributed by atoms with Crippen LogP contribution in [0, 0.1) is 0 Å². The third-order valence-corrected chi connectivity index (χ3v) is 3.72. The van der Waals surface area contributed by atoms with Crippen molar-refractivity contribution in [3.63, 3.8) is 0 Å². The minimum atomic E-state index is 0.435. The number of hydrogen-bond acceptors (Lipinski definition) is 3. The Balaban J connectivity index is 1.64. The molecule has 2 aromatic carbocycles. The van der Waals surface area contributed by atoms with Gasteiger partial charge in [0.2, 0.25) is 0 Å². The van der Waals surface area contributed by atoms with Gasteiger partial charge in [0.15, 0.2) is 5.11 Å². The fourth-order valence-electron chi connectivity index (χ4n) is 2.31. The summed E-state index contributed by atoms with van der Waals surface area (Å²) in [4.78, 5) is 0. The molecule has 0 bridgehead atoms. The largest absolute Gasteiger partial charge is 0.497 e. The SMILES string of the molecule is COc1ccc(-n2cccc2/C=N\NC(=S)Nc2ccccc2)cc1. The number of hydrogen-bond donors (Lipinski definition) is 2. The summed E-state index contributed by atoms with van der Waals surface area (Å²) < 4.78 is 7.22. The van der Waals surface area contributed by atoms with Gasteiger partial charge in [-0.15, -0.1) is 0 Å². The molecular weight excluding hydrogens is 332 g/mol. The summed E-state index contributed by atoms with van der Waals surface area (Å²) in [6, 6.07) is 21.5. The van der Waals surface area contributed by atoms with E-state index in [9.17, 15) is 0 Å². The zero-order chi connectivity index (χ0) is 17.5. The number of rotatable bonds is 5. The van der Waals surface area contributed by atoms with E-state index in [4.69, 9.17) is 17.0 Å². The molecule has 25 heavy (non-hydrogen) atoms. The number of para-hydroxylation sites is 1. The lowest BCUT2D eigenvalue weighted by Gasteiger charge is -2.08. The highest BCUT2D eigenvalue weighted by molar-refractivity contribution is 7.80. The van der Waals surface area contributed by atoms with Crippen LogP contribution in [0.3, 0.4) is 0 Å². The van der Waals surface area contributed by atoms with Gasteiger partial charge < -0.3 is 14.6 Å². The Morgan fingerprint density at radius 1 is 1.04 bits per heavy atom. The van der Waals surface area contributed by atoms with Crippen LogP contribution >= 0.6 is 12.2 Å². The second kappa shape index (κ2) is 8.12. The van der Waals surface area contributed by atoms with E-state index >= 15 is 0 Å². The molecule has 1 heterocycles. The van der Waals surface area contributed by atoms with E-state index in [0.29, 0.717) is 5.11 Å². The standard InChI is InChI=1S/C19H18N4OS/c1-24-18-11-9-16(10-12-18)23-13-5-8-17(23)14-20-22-19(25)21-15-6-3-2-4-7-15/h2-14H,1H3,(H2,21,22,25)/b20-14-. The molecule has 0 saturated heterocycles. The van der Waals surface area contributed by atoms with E-state index in [1.54, 1.807) is 13.3 Å². The van der Waals surface area contributed by atoms with E-state index in [1.165, 1.54) is 0 Å². The minimum Gasteiger partial charge on any atom is -0.497 e. The summed E-state index contributed by atoms with van der Waals surface area (Å²) in [5.41, 5.74) is 5.69. The number of hydrazone groups is 1. The van der Waals surface area contributed by atoms with E-state index in [1.807, 2.05) is 77.5 Å². The van der Waals surface area contributed by atoms with Gasteiger partial charge in [-0.3, -0.25) is 5.43 Å². The molecule has 3 rings (SSSR count). The Hall–Kier alpha value is -3.12. The number of anilines is 1. The molecule has 6 heteroatoms. The number of benzene rings is 2. The smallest absolute Gasteiger partial charge is 0.191 e. The Morgan fingerprint density at radius 2 is 1.80 bits per heavy atom. The van der Waals surface area contributed by atoms with E-state index in [-0.39, 0.29) is 0 Å². The predicted molar refractivity (Wildman–Crippen MR) is 106 cm³/mol. The van der Waals surface area contributed by atoms with Gasteiger partial charge in [-0.05, 0) is 60.7 Å². The van der Waals surface area contributed by atoms with Crippen LogP contribution in [0.4, 0.5) is 5.69 Å². The lowest BCUT2D eigenvalue weighted by atomic mass is 10.3. The number of nitrogens with zero attached hydrogens (tertiary/aromatic N) is 2. The van der Waals surface area contributed by atoms with Crippen LogP contribution < -0.4 is 15.5 Å². The highest BCUT2D eigenvalue weighted by atomic mass is 32.1. The molecule has 0 amide bonds. The molecule has 0 saturated carbocycles. The number of aromatic nitrogens is 1. The Labute approximate surface area is 151 Å². The molecule has 0 radical (unpaired) electrons. The molecule has 0 spiro atoms. The predicted octanol–water partition coefficient (Wildman–Crippen LogP) is 3.81. The zero-order valence-corrected chi connectivity index (χ0v) is 14.5. The van der Waals surface area contributed by atoms with Crippen molar-refractivity contribution in [3.8, 4) is 11.4 Å². The Bertz CT molecular complexity index is 857.